The van der Waals surface area contributed by atoms with Gasteiger partial charge in [0.2, 0.25) is 6.79 Å². The third kappa shape index (κ3) is 4.04. The third-order valence-corrected chi connectivity index (χ3v) is 5.76. The Morgan fingerprint density at radius 2 is 1.83 bits per heavy atom. The van der Waals surface area contributed by atoms with E-state index in [0.29, 0.717) is 17.2 Å². The number of nitrogens with zero attached hydrogens (tertiary/aromatic N) is 2. The molecule has 0 spiro atoms. The van der Waals surface area contributed by atoms with Crippen molar-refractivity contribution in [3.8, 4) is 11.5 Å². The number of Topliss-reactive ketones (excluding diaryl/α,β-unsaturated/α-hetero) is 1. The molecule has 9 nitrogen and oxygen atoms in total. The Labute approximate surface area is 206 Å². The average molecular weight is 486 g/mol. The van der Waals surface area contributed by atoms with Gasteiger partial charge in [-0.1, -0.05) is 12.1 Å². The van der Waals surface area contributed by atoms with Crippen LogP contribution in [0.5, 0.6) is 11.5 Å². The molecular weight excluding hydrogens is 464 g/mol. The number of carbonyl (C=O) groups excluding carboxylic acids is 3. The van der Waals surface area contributed by atoms with Gasteiger partial charge in [-0.05, 0) is 62.4 Å². The largest absolute Gasteiger partial charge is 0.507 e. The van der Waals surface area contributed by atoms with Crippen LogP contribution in [0.1, 0.15) is 41.5 Å². The second kappa shape index (κ2) is 9.18. The molecule has 0 bridgehead atoms. The van der Waals surface area contributed by atoms with Gasteiger partial charge in [-0.15, -0.1) is 0 Å². The molecule has 1 N–H and O–H groups in total. The molecule has 0 saturated carbocycles. The summed E-state index contributed by atoms with van der Waals surface area (Å²) in [6, 6.07) is 15.0. The third-order valence-electron chi connectivity index (χ3n) is 5.76. The molecule has 36 heavy (non-hydrogen) atoms. The number of aliphatic hydroxyl groups is 1. The van der Waals surface area contributed by atoms with Crippen LogP contribution in [-0.2, 0) is 14.3 Å². The molecule has 1 aromatic heterocycles. The van der Waals surface area contributed by atoms with E-state index in [9.17, 15) is 19.5 Å². The van der Waals surface area contributed by atoms with E-state index in [4.69, 9.17) is 14.2 Å². The highest BCUT2D eigenvalue weighted by atomic mass is 16.7. The summed E-state index contributed by atoms with van der Waals surface area (Å²) in [6.45, 7) is 3.52. The maximum Gasteiger partial charge on any atom is 0.338 e. The summed E-state index contributed by atoms with van der Waals surface area (Å²) >= 11 is 0. The van der Waals surface area contributed by atoms with Gasteiger partial charge in [-0.3, -0.25) is 19.5 Å². The number of rotatable bonds is 5. The summed E-state index contributed by atoms with van der Waals surface area (Å²) in [6.07, 6.45) is 1.21. The number of hydrogen-bond acceptors (Lipinski definition) is 8. The van der Waals surface area contributed by atoms with Crippen molar-refractivity contribution in [1.82, 2.24) is 4.98 Å². The number of anilines is 1. The number of hydrogen-bond donors (Lipinski definition) is 1. The van der Waals surface area contributed by atoms with Crippen molar-refractivity contribution < 1.29 is 33.7 Å². The second-order valence-electron chi connectivity index (χ2n) is 8.50. The van der Waals surface area contributed by atoms with Crippen molar-refractivity contribution in [2.45, 2.75) is 26.0 Å². The molecule has 0 aliphatic carbocycles. The zero-order chi connectivity index (χ0) is 25.4. The minimum Gasteiger partial charge on any atom is -0.507 e. The number of aromatic nitrogens is 1. The fourth-order valence-electron chi connectivity index (χ4n) is 4.18. The van der Waals surface area contributed by atoms with Crippen molar-refractivity contribution in [3.63, 3.8) is 0 Å². The average Bonchev–Trinajstić information content (AvgIpc) is 3.45. The lowest BCUT2D eigenvalue weighted by molar-refractivity contribution is -0.132. The molecule has 182 valence electrons. The highest BCUT2D eigenvalue weighted by molar-refractivity contribution is 6.51. The maximum absolute atomic E-state index is 13.3. The van der Waals surface area contributed by atoms with Crippen LogP contribution in [0.3, 0.4) is 0 Å². The number of amides is 1. The molecule has 1 amide bonds. The van der Waals surface area contributed by atoms with Crippen LogP contribution in [0.25, 0.3) is 5.76 Å². The van der Waals surface area contributed by atoms with Gasteiger partial charge in [-0.2, -0.15) is 0 Å². The molecule has 2 aliphatic rings. The van der Waals surface area contributed by atoms with Crippen molar-refractivity contribution in [1.29, 1.82) is 0 Å². The Balaban J connectivity index is 1.64. The van der Waals surface area contributed by atoms with Gasteiger partial charge < -0.3 is 19.3 Å². The fourth-order valence-corrected chi connectivity index (χ4v) is 4.18. The Kier molecular flexibility index (Phi) is 5.89. The molecule has 5 rings (SSSR count). The van der Waals surface area contributed by atoms with Crippen LogP contribution in [0.2, 0.25) is 0 Å². The maximum atomic E-state index is 13.3. The van der Waals surface area contributed by atoms with E-state index in [0.717, 1.165) is 0 Å². The molecule has 0 radical (unpaired) electrons. The lowest BCUT2D eigenvalue weighted by Gasteiger charge is -2.25. The summed E-state index contributed by atoms with van der Waals surface area (Å²) < 4.78 is 16.0. The minimum absolute atomic E-state index is 0.0491. The fraction of sp³-hybridized carbons (Fsp3) is 0.185. The van der Waals surface area contributed by atoms with Gasteiger partial charge in [0.15, 0.2) is 11.5 Å². The van der Waals surface area contributed by atoms with E-state index in [1.165, 1.54) is 17.2 Å². The lowest BCUT2D eigenvalue weighted by atomic mass is 9.98. The Bertz CT molecular complexity index is 1400. The van der Waals surface area contributed by atoms with Gasteiger partial charge in [-0.25, -0.2) is 4.79 Å². The van der Waals surface area contributed by atoms with Gasteiger partial charge in [0.25, 0.3) is 11.7 Å². The minimum atomic E-state index is -1.03. The van der Waals surface area contributed by atoms with Crippen LogP contribution < -0.4 is 14.4 Å². The first-order valence-corrected chi connectivity index (χ1v) is 11.3. The van der Waals surface area contributed by atoms with Crippen molar-refractivity contribution >= 4 is 29.1 Å². The number of benzene rings is 2. The van der Waals surface area contributed by atoms with Crippen LogP contribution >= 0.6 is 0 Å². The zero-order valence-electron chi connectivity index (χ0n) is 19.5. The Morgan fingerprint density at radius 1 is 1.03 bits per heavy atom. The Morgan fingerprint density at radius 3 is 2.58 bits per heavy atom. The van der Waals surface area contributed by atoms with Gasteiger partial charge in [0.1, 0.15) is 11.8 Å². The molecule has 1 unspecified atom stereocenters. The smallest absolute Gasteiger partial charge is 0.338 e. The summed E-state index contributed by atoms with van der Waals surface area (Å²) in [5.74, 6) is -1.74. The first kappa shape index (κ1) is 23.1. The predicted molar refractivity (Wildman–Crippen MR) is 129 cm³/mol. The number of ketones is 1. The van der Waals surface area contributed by atoms with Crippen molar-refractivity contribution in [2.24, 2.45) is 0 Å². The highest BCUT2D eigenvalue weighted by Gasteiger charge is 2.47. The number of fused-ring (bicyclic) bond motifs is 1. The quantitative estimate of drug-likeness (QED) is 0.249. The van der Waals surface area contributed by atoms with E-state index in [-0.39, 0.29) is 41.0 Å². The van der Waals surface area contributed by atoms with Crippen molar-refractivity contribution in [3.05, 3.63) is 89.3 Å². The molecule has 3 aromatic rings. The number of ether oxygens (including phenoxy) is 3. The zero-order valence-corrected chi connectivity index (χ0v) is 19.5. The number of pyridine rings is 1. The highest BCUT2D eigenvalue weighted by Crippen LogP contribution is 2.43. The predicted octanol–water partition coefficient (Wildman–Crippen LogP) is 4.00. The summed E-state index contributed by atoms with van der Waals surface area (Å²) in [7, 11) is 0. The van der Waals surface area contributed by atoms with Gasteiger partial charge in [0, 0.05) is 17.4 Å². The summed E-state index contributed by atoms with van der Waals surface area (Å²) in [4.78, 5) is 44.7. The molecule has 1 saturated heterocycles. The molecular formula is C27H22N2O7. The topological polar surface area (TPSA) is 115 Å². The molecule has 3 heterocycles. The molecule has 1 atom stereocenters. The second-order valence-corrected chi connectivity index (χ2v) is 8.50. The summed E-state index contributed by atoms with van der Waals surface area (Å²) in [5.41, 5.74) is 1.03. The van der Waals surface area contributed by atoms with E-state index in [1.807, 2.05) is 0 Å². The number of aliphatic hydroxyl groups excluding tert-OH is 1. The first-order valence-electron chi connectivity index (χ1n) is 11.3. The summed E-state index contributed by atoms with van der Waals surface area (Å²) in [5, 5.41) is 11.3. The van der Waals surface area contributed by atoms with E-state index in [2.05, 4.69) is 4.98 Å². The normalized spacial score (nSPS) is 18.1. The SMILES string of the molecule is CC(C)OC(=O)c1cccc(N2C(=O)C(=O)/C(=C(\O)c3ccc4c(c3)OCO4)C2c2ccccn2)c1. The van der Waals surface area contributed by atoms with E-state index >= 15 is 0 Å². The Hall–Kier alpha value is -4.66. The number of carbonyl (C=O) groups is 3. The van der Waals surface area contributed by atoms with E-state index < -0.39 is 23.7 Å². The van der Waals surface area contributed by atoms with Crippen LogP contribution in [-0.4, -0.2) is 40.6 Å². The van der Waals surface area contributed by atoms with Gasteiger partial charge >= 0.3 is 5.97 Å². The monoisotopic (exact) mass is 486 g/mol. The molecule has 9 heteroatoms. The van der Waals surface area contributed by atoms with E-state index in [1.54, 1.807) is 68.4 Å². The molecule has 2 aromatic carbocycles. The lowest BCUT2D eigenvalue weighted by Crippen LogP contribution is -2.30. The van der Waals surface area contributed by atoms with Crippen LogP contribution in [0, 0.1) is 0 Å². The van der Waals surface area contributed by atoms with Crippen LogP contribution in [0.15, 0.2) is 72.4 Å². The molecule has 1 fully saturated rings. The first-order chi connectivity index (χ1) is 17.3. The van der Waals surface area contributed by atoms with Gasteiger partial charge in [0.05, 0.1) is 22.9 Å². The standard InChI is InChI=1S/C27H22N2O7/c1-15(2)36-27(33)17-6-5-7-18(12-17)29-23(19-8-3-4-11-28-19)22(25(31)26(29)32)24(30)16-9-10-20-21(13-16)35-14-34-20/h3-13,15,23,30H,14H2,1-2H3/b24-22-. The van der Waals surface area contributed by atoms with Crippen molar-refractivity contribution in [2.75, 3.05) is 11.7 Å². The van der Waals surface area contributed by atoms with Crippen LogP contribution in [0.4, 0.5) is 5.69 Å². The molecule has 2 aliphatic heterocycles. The number of esters is 1.